The topological polar surface area (TPSA) is 66.8 Å². The molecule has 0 radical (unpaired) electrons. The molecule has 0 aromatic rings. The first-order valence-electron chi connectivity index (χ1n) is 8.63. The van der Waals surface area contributed by atoms with Crippen molar-refractivity contribution in [2.45, 2.75) is 37.9 Å². The summed E-state index contributed by atoms with van der Waals surface area (Å²) in [6.45, 7) is 7.16. The largest absolute Gasteiger partial charge is 0.481 e. The number of carboxylic acids is 1. The quantitative estimate of drug-likeness (QED) is 0.803. The van der Waals surface area contributed by atoms with Crippen molar-refractivity contribution < 1.29 is 19.4 Å². The number of carbonyl (C=O) groups excluding carboxylic acids is 1. The first-order valence-corrected chi connectivity index (χ1v) is 8.63. The van der Waals surface area contributed by atoms with Gasteiger partial charge in [-0.1, -0.05) is 36.0 Å². The lowest BCUT2D eigenvalue weighted by Crippen LogP contribution is -2.39. The third-order valence-electron chi connectivity index (χ3n) is 6.06. The highest BCUT2D eigenvalue weighted by Crippen LogP contribution is 2.52. The van der Waals surface area contributed by atoms with Crippen molar-refractivity contribution in [2.24, 2.45) is 17.8 Å². The van der Waals surface area contributed by atoms with Gasteiger partial charge in [-0.25, -0.2) is 0 Å². The molecular formula is C19H23NO4. The lowest BCUT2D eigenvalue weighted by molar-refractivity contribution is -0.148. The lowest BCUT2D eigenvalue weighted by atomic mass is 9.77. The molecule has 2 fully saturated rings. The second-order valence-electron chi connectivity index (χ2n) is 7.61. The third-order valence-corrected chi connectivity index (χ3v) is 6.06. The SMILES string of the molecule is C=C(C)[C@@H]1CC=C(CN2C[C@@]34C=C[C@@H](O3)[C@@H](C(=O)O)[C@H]4C2=O)CC1. The van der Waals surface area contributed by atoms with Gasteiger partial charge in [-0.3, -0.25) is 9.59 Å². The molecule has 24 heavy (non-hydrogen) atoms. The molecule has 0 unspecified atom stereocenters. The number of carboxylic acid groups (broad SMARTS) is 1. The van der Waals surface area contributed by atoms with Gasteiger partial charge in [0.2, 0.25) is 5.91 Å². The molecular weight excluding hydrogens is 306 g/mol. The van der Waals surface area contributed by atoms with Gasteiger partial charge in [-0.2, -0.15) is 0 Å². The van der Waals surface area contributed by atoms with E-state index in [1.165, 1.54) is 11.1 Å². The van der Waals surface area contributed by atoms with Crippen LogP contribution in [0.3, 0.4) is 0 Å². The van der Waals surface area contributed by atoms with Crippen molar-refractivity contribution in [3.63, 3.8) is 0 Å². The zero-order chi connectivity index (χ0) is 17.1. The molecule has 1 aliphatic carbocycles. The maximum Gasteiger partial charge on any atom is 0.310 e. The predicted molar refractivity (Wildman–Crippen MR) is 88.2 cm³/mol. The molecule has 1 amide bonds. The van der Waals surface area contributed by atoms with Crippen LogP contribution in [0.2, 0.25) is 0 Å². The number of hydrogen-bond acceptors (Lipinski definition) is 3. The van der Waals surface area contributed by atoms with Gasteiger partial charge in [0, 0.05) is 6.54 Å². The minimum Gasteiger partial charge on any atom is -0.481 e. The highest BCUT2D eigenvalue weighted by Gasteiger charge is 2.67. The Morgan fingerprint density at radius 1 is 1.54 bits per heavy atom. The van der Waals surface area contributed by atoms with Crippen molar-refractivity contribution in [1.82, 2.24) is 4.90 Å². The summed E-state index contributed by atoms with van der Waals surface area (Å²) in [7, 11) is 0. The molecule has 1 spiro atoms. The van der Waals surface area contributed by atoms with Crippen LogP contribution in [-0.4, -0.2) is 46.7 Å². The molecule has 2 bridgehead atoms. The highest BCUT2D eigenvalue weighted by molar-refractivity contribution is 5.90. The highest BCUT2D eigenvalue weighted by atomic mass is 16.5. The minimum atomic E-state index is -0.937. The fraction of sp³-hybridized carbons (Fsp3) is 0.579. The Labute approximate surface area is 141 Å². The second kappa shape index (κ2) is 5.31. The Hall–Kier alpha value is -1.88. The number of aliphatic carboxylic acids is 1. The Morgan fingerprint density at radius 2 is 2.33 bits per heavy atom. The van der Waals surface area contributed by atoms with Gasteiger partial charge in [-0.05, 0) is 32.1 Å². The van der Waals surface area contributed by atoms with Gasteiger partial charge < -0.3 is 14.7 Å². The molecule has 0 aromatic heterocycles. The van der Waals surface area contributed by atoms with Crippen molar-refractivity contribution >= 4 is 11.9 Å². The van der Waals surface area contributed by atoms with Crippen molar-refractivity contribution in [1.29, 1.82) is 0 Å². The van der Waals surface area contributed by atoms with E-state index in [2.05, 4.69) is 19.6 Å². The Morgan fingerprint density at radius 3 is 2.96 bits per heavy atom. The fourth-order valence-corrected chi connectivity index (χ4v) is 4.72. The Kier molecular flexibility index (Phi) is 3.46. The van der Waals surface area contributed by atoms with E-state index in [0.717, 1.165) is 19.3 Å². The zero-order valence-electron chi connectivity index (χ0n) is 13.9. The van der Waals surface area contributed by atoms with Crippen LogP contribution >= 0.6 is 0 Å². The van der Waals surface area contributed by atoms with Gasteiger partial charge >= 0.3 is 5.97 Å². The molecule has 3 aliphatic heterocycles. The minimum absolute atomic E-state index is 0.0721. The molecule has 5 atom stereocenters. The average Bonchev–Trinajstić information content (AvgIpc) is 3.16. The second-order valence-corrected chi connectivity index (χ2v) is 7.61. The van der Waals surface area contributed by atoms with Crippen molar-refractivity contribution in [2.75, 3.05) is 13.1 Å². The van der Waals surface area contributed by atoms with Crippen molar-refractivity contribution in [3.05, 3.63) is 36.0 Å². The van der Waals surface area contributed by atoms with E-state index in [1.54, 1.807) is 4.90 Å². The molecule has 2 saturated heterocycles. The van der Waals surface area contributed by atoms with E-state index < -0.39 is 29.5 Å². The molecule has 3 heterocycles. The molecule has 4 rings (SSSR count). The zero-order valence-corrected chi connectivity index (χ0v) is 13.9. The van der Waals surface area contributed by atoms with Crippen LogP contribution < -0.4 is 0 Å². The standard InChI is InChI=1S/C19H23NO4/c1-11(2)13-5-3-12(4-6-13)9-20-10-19-8-7-14(24-19)15(18(22)23)16(19)17(20)21/h3,7-8,13-16H,1,4-6,9-10H2,2H3,(H,22,23)/t13-,14-,15-,16+,19-/m1/s1. The molecule has 4 aliphatic rings. The van der Waals surface area contributed by atoms with Crippen LogP contribution in [0, 0.1) is 17.8 Å². The number of amides is 1. The van der Waals surface area contributed by atoms with Crippen LogP contribution in [0.15, 0.2) is 36.0 Å². The first-order chi connectivity index (χ1) is 11.4. The summed E-state index contributed by atoms with van der Waals surface area (Å²) >= 11 is 0. The summed E-state index contributed by atoms with van der Waals surface area (Å²) in [6, 6.07) is 0. The molecule has 0 saturated carbocycles. The number of ether oxygens (including phenoxy) is 1. The van der Waals surface area contributed by atoms with Gasteiger partial charge in [-0.15, -0.1) is 0 Å². The van der Waals surface area contributed by atoms with Crippen LogP contribution in [-0.2, 0) is 14.3 Å². The summed E-state index contributed by atoms with van der Waals surface area (Å²) < 4.78 is 5.91. The van der Waals surface area contributed by atoms with Crippen LogP contribution in [0.1, 0.15) is 26.2 Å². The third kappa shape index (κ3) is 2.18. The predicted octanol–water partition coefficient (Wildman–Crippen LogP) is 2.16. The van der Waals surface area contributed by atoms with E-state index in [0.29, 0.717) is 19.0 Å². The maximum atomic E-state index is 12.8. The number of fused-ring (bicyclic) bond motifs is 1. The van der Waals surface area contributed by atoms with E-state index in [9.17, 15) is 14.7 Å². The summed E-state index contributed by atoms with van der Waals surface area (Å²) in [5.74, 6) is -1.79. The number of rotatable bonds is 4. The van der Waals surface area contributed by atoms with E-state index in [1.807, 2.05) is 12.2 Å². The van der Waals surface area contributed by atoms with Crippen LogP contribution in [0.25, 0.3) is 0 Å². The van der Waals surface area contributed by atoms with Gasteiger partial charge in [0.1, 0.15) is 11.5 Å². The van der Waals surface area contributed by atoms with Gasteiger partial charge in [0.05, 0.1) is 18.6 Å². The van der Waals surface area contributed by atoms with Gasteiger partial charge in [0.25, 0.3) is 0 Å². The maximum absolute atomic E-state index is 12.8. The number of nitrogens with zero attached hydrogens (tertiary/aromatic N) is 1. The average molecular weight is 329 g/mol. The van der Waals surface area contributed by atoms with E-state index in [-0.39, 0.29) is 5.91 Å². The summed E-state index contributed by atoms with van der Waals surface area (Å²) in [5, 5.41) is 9.48. The van der Waals surface area contributed by atoms with Crippen LogP contribution in [0.5, 0.6) is 0 Å². The fourth-order valence-electron chi connectivity index (χ4n) is 4.72. The Balaban J connectivity index is 1.50. The molecule has 5 nitrogen and oxygen atoms in total. The van der Waals surface area contributed by atoms with E-state index >= 15 is 0 Å². The number of carbonyl (C=O) groups is 2. The number of hydrogen-bond donors (Lipinski definition) is 1. The summed E-state index contributed by atoms with van der Waals surface area (Å²) in [5.41, 5.74) is 1.76. The van der Waals surface area contributed by atoms with Crippen LogP contribution in [0.4, 0.5) is 0 Å². The normalized spacial score (nSPS) is 40.0. The number of likely N-dealkylation sites (tertiary alicyclic amines) is 1. The first kappa shape index (κ1) is 15.6. The summed E-state index contributed by atoms with van der Waals surface area (Å²) in [4.78, 5) is 26.2. The summed E-state index contributed by atoms with van der Waals surface area (Å²) in [6.07, 6.45) is 8.52. The lowest BCUT2D eigenvalue weighted by Gasteiger charge is -2.26. The van der Waals surface area contributed by atoms with E-state index in [4.69, 9.17) is 4.74 Å². The molecule has 0 aromatic carbocycles. The van der Waals surface area contributed by atoms with Crippen molar-refractivity contribution in [3.8, 4) is 0 Å². The molecule has 1 N–H and O–H groups in total. The van der Waals surface area contributed by atoms with Gasteiger partial charge in [0.15, 0.2) is 0 Å². The monoisotopic (exact) mass is 329 g/mol. The smallest absolute Gasteiger partial charge is 0.310 e. The number of allylic oxidation sites excluding steroid dienone is 2. The molecule has 128 valence electrons. The Bertz CT molecular complexity index is 679. The molecule has 5 heteroatoms.